The van der Waals surface area contributed by atoms with Crippen LogP contribution in [0.5, 0.6) is 0 Å². The molecule has 0 aliphatic carbocycles. The van der Waals surface area contributed by atoms with Crippen molar-refractivity contribution < 1.29 is 15.1 Å². The molecule has 0 saturated heterocycles. The van der Waals surface area contributed by atoms with Crippen LogP contribution >= 0.6 is 0 Å². The molecule has 0 spiro atoms. The minimum atomic E-state index is -1.11. The molecule has 6 heteroatoms. The summed E-state index contributed by atoms with van der Waals surface area (Å²) in [6.45, 7) is 0. The van der Waals surface area contributed by atoms with Crippen molar-refractivity contribution in [1.29, 1.82) is 0 Å². The number of aromatic amines is 1. The summed E-state index contributed by atoms with van der Waals surface area (Å²) in [4.78, 5) is 16.9. The Labute approximate surface area is 68.2 Å². The summed E-state index contributed by atoms with van der Waals surface area (Å²) in [6.07, 6.45) is 3.17. The summed E-state index contributed by atoms with van der Waals surface area (Å²) in [7, 11) is 0. The monoisotopic (exact) mass is 171 g/mol. The molecule has 0 unspecified atom stereocenters. The van der Waals surface area contributed by atoms with Gasteiger partial charge in [-0.05, 0) is 0 Å². The highest BCUT2D eigenvalue weighted by molar-refractivity contribution is 5.73. The van der Waals surface area contributed by atoms with E-state index in [-0.39, 0.29) is 6.42 Å². The summed E-state index contributed by atoms with van der Waals surface area (Å²) >= 11 is 0. The number of carbonyl (C=O) groups is 1. The minimum absolute atomic E-state index is 0.148. The van der Waals surface area contributed by atoms with Crippen LogP contribution in [0.2, 0.25) is 0 Å². The first-order valence-corrected chi connectivity index (χ1v) is 3.34. The summed E-state index contributed by atoms with van der Waals surface area (Å²) < 4.78 is 0. The van der Waals surface area contributed by atoms with Crippen LogP contribution in [-0.2, 0) is 11.2 Å². The Kier molecular flexibility index (Phi) is 2.78. The van der Waals surface area contributed by atoms with E-state index >= 15 is 0 Å². The Morgan fingerprint density at radius 2 is 2.58 bits per heavy atom. The van der Waals surface area contributed by atoms with Crippen LogP contribution in [-0.4, -0.2) is 32.3 Å². The molecule has 0 radical (unpaired) electrons. The molecule has 0 fully saturated rings. The summed E-state index contributed by atoms with van der Waals surface area (Å²) in [5.74, 6) is -1.11. The SMILES string of the molecule is O=C(O)[C@H](Cc1c[nH]cn1)NO. The van der Waals surface area contributed by atoms with Crippen molar-refractivity contribution in [3.05, 3.63) is 18.2 Å². The maximum absolute atomic E-state index is 10.4. The number of carboxylic acids is 1. The van der Waals surface area contributed by atoms with Gasteiger partial charge in [0.1, 0.15) is 6.04 Å². The molecular formula is C6H9N3O3. The predicted octanol–water partition coefficient (Wildman–Crippen LogP) is -0.616. The van der Waals surface area contributed by atoms with Gasteiger partial charge in [0.05, 0.1) is 12.0 Å². The minimum Gasteiger partial charge on any atom is -0.480 e. The molecule has 0 aliphatic heterocycles. The number of carboxylic acid groups (broad SMARTS) is 1. The standard InChI is InChI=1S/C6H9N3O3/c10-6(11)5(9-12)1-4-2-7-3-8-4/h2-3,5,9,12H,1H2,(H,7,8)(H,10,11)/t5-/m0/s1. The van der Waals surface area contributed by atoms with Crippen molar-refractivity contribution in [2.45, 2.75) is 12.5 Å². The normalized spacial score (nSPS) is 12.8. The molecule has 0 bridgehead atoms. The van der Waals surface area contributed by atoms with E-state index in [0.717, 1.165) is 0 Å². The van der Waals surface area contributed by atoms with E-state index in [1.54, 1.807) is 11.7 Å². The van der Waals surface area contributed by atoms with E-state index < -0.39 is 12.0 Å². The van der Waals surface area contributed by atoms with Crippen LogP contribution in [0.1, 0.15) is 5.69 Å². The molecule has 6 nitrogen and oxygen atoms in total. The Hall–Kier alpha value is -1.40. The Morgan fingerprint density at radius 1 is 1.83 bits per heavy atom. The largest absolute Gasteiger partial charge is 0.480 e. The summed E-state index contributed by atoms with van der Waals surface area (Å²) in [5.41, 5.74) is 2.27. The molecule has 1 rings (SSSR count). The average Bonchev–Trinajstić information content (AvgIpc) is 2.51. The lowest BCUT2D eigenvalue weighted by Gasteiger charge is -2.06. The lowest BCUT2D eigenvalue weighted by Crippen LogP contribution is -2.36. The molecule has 66 valence electrons. The van der Waals surface area contributed by atoms with Crippen LogP contribution in [0.15, 0.2) is 12.5 Å². The molecule has 1 heterocycles. The van der Waals surface area contributed by atoms with E-state index in [1.165, 1.54) is 6.33 Å². The quantitative estimate of drug-likeness (QED) is 0.453. The number of hydroxylamine groups is 1. The van der Waals surface area contributed by atoms with Crippen molar-refractivity contribution >= 4 is 5.97 Å². The molecule has 1 atom stereocenters. The number of imidazole rings is 1. The Bertz CT molecular complexity index is 247. The maximum Gasteiger partial charge on any atom is 0.323 e. The molecule has 1 aromatic heterocycles. The van der Waals surface area contributed by atoms with Crippen LogP contribution in [0.4, 0.5) is 0 Å². The van der Waals surface area contributed by atoms with Gasteiger partial charge in [0, 0.05) is 12.6 Å². The molecule has 0 aromatic carbocycles. The van der Waals surface area contributed by atoms with Crippen molar-refractivity contribution in [3.63, 3.8) is 0 Å². The third-order valence-corrected chi connectivity index (χ3v) is 1.42. The van der Waals surface area contributed by atoms with Crippen LogP contribution in [0.25, 0.3) is 0 Å². The molecule has 0 saturated carbocycles. The first kappa shape index (κ1) is 8.69. The summed E-state index contributed by atoms with van der Waals surface area (Å²) in [5, 5.41) is 16.9. The second kappa shape index (κ2) is 3.84. The van der Waals surface area contributed by atoms with Crippen molar-refractivity contribution in [1.82, 2.24) is 15.4 Å². The topological polar surface area (TPSA) is 98.2 Å². The van der Waals surface area contributed by atoms with Gasteiger partial charge in [-0.3, -0.25) is 4.79 Å². The van der Waals surface area contributed by atoms with Crippen LogP contribution in [0, 0.1) is 0 Å². The van der Waals surface area contributed by atoms with Gasteiger partial charge in [-0.15, -0.1) is 0 Å². The highest BCUT2D eigenvalue weighted by atomic mass is 16.5. The molecule has 0 aliphatic rings. The molecular weight excluding hydrogens is 162 g/mol. The molecule has 4 N–H and O–H groups in total. The van der Waals surface area contributed by atoms with E-state index in [2.05, 4.69) is 9.97 Å². The van der Waals surface area contributed by atoms with Gasteiger partial charge < -0.3 is 15.3 Å². The van der Waals surface area contributed by atoms with Gasteiger partial charge >= 0.3 is 5.97 Å². The lowest BCUT2D eigenvalue weighted by molar-refractivity contribution is -0.142. The third kappa shape index (κ3) is 2.04. The number of rotatable bonds is 4. The number of nitrogens with one attached hydrogen (secondary N) is 2. The highest BCUT2D eigenvalue weighted by Crippen LogP contribution is 1.97. The van der Waals surface area contributed by atoms with Gasteiger partial charge in [-0.2, -0.15) is 5.48 Å². The summed E-state index contributed by atoms with van der Waals surface area (Å²) in [6, 6.07) is -1.01. The first-order chi connectivity index (χ1) is 5.74. The molecule has 1 aromatic rings. The fraction of sp³-hybridized carbons (Fsp3) is 0.333. The number of aromatic nitrogens is 2. The zero-order valence-electron chi connectivity index (χ0n) is 6.19. The Balaban J connectivity index is 2.54. The third-order valence-electron chi connectivity index (χ3n) is 1.42. The smallest absolute Gasteiger partial charge is 0.323 e. The number of hydrogen-bond acceptors (Lipinski definition) is 4. The van der Waals surface area contributed by atoms with Crippen molar-refractivity contribution in [3.8, 4) is 0 Å². The van der Waals surface area contributed by atoms with E-state index in [4.69, 9.17) is 10.3 Å². The zero-order chi connectivity index (χ0) is 8.97. The lowest BCUT2D eigenvalue weighted by atomic mass is 10.2. The van der Waals surface area contributed by atoms with Gasteiger partial charge in [0.2, 0.25) is 0 Å². The fourth-order valence-corrected chi connectivity index (χ4v) is 0.800. The molecule has 12 heavy (non-hydrogen) atoms. The molecule has 0 amide bonds. The van der Waals surface area contributed by atoms with Gasteiger partial charge in [0.25, 0.3) is 0 Å². The highest BCUT2D eigenvalue weighted by Gasteiger charge is 2.16. The maximum atomic E-state index is 10.4. The average molecular weight is 171 g/mol. The number of H-pyrrole nitrogens is 1. The number of nitrogens with zero attached hydrogens (tertiary/aromatic N) is 1. The van der Waals surface area contributed by atoms with Crippen LogP contribution in [0.3, 0.4) is 0 Å². The van der Waals surface area contributed by atoms with Gasteiger partial charge in [-0.25, -0.2) is 4.98 Å². The fourth-order valence-electron chi connectivity index (χ4n) is 0.800. The van der Waals surface area contributed by atoms with Crippen molar-refractivity contribution in [2.75, 3.05) is 0 Å². The van der Waals surface area contributed by atoms with E-state index in [0.29, 0.717) is 5.69 Å². The zero-order valence-corrected chi connectivity index (χ0v) is 6.19. The number of hydrogen-bond donors (Lipinski definition) is 4. The number of aliphatic carboxylic acids is 1. The van der Waals surface area contributed by atoms with Crippen LogP contribution < -0.4 is 5.48 Å². The van der Waals surface area contributed by atoms with Gasteiger partial charge in [0.15, 0.2) is 0 Å². The van der Waals surface area contributed by atoms with E-state index in [1.807, 2.05) is 0 Å². The van der Waals surface area contributed by atoms with Crippen molar-refractivity contribution in [2.24, 2.45) is 0 Å². The Morgan fingerprint density at radius 3 is 3.00 bits per heavy atom. The first-order valence-electron chi connectivity index (χ1n) is 3.34. The van der Waals surface area contributed by atoms with E-state index in [9.17, 15) is 4.79 Å². The predicted molar refractivity (Wildman–Crippen MR) is 38.6 cm³/mol. The second-order valence-electron chi connectivity index (χ2n) is 2.28. The van der Waals surface area contributed by atoms with Gasteiger partial charge in [-0.1, -0.05) is 0 Å². The second-order valence-corrected chi connectivity index (χ2v) is 2.28.